The summed E-state index contributed by atoms with van der Waals surface area (Å²) in [5.41, 5.74) is 1.55. The zero-order valence-electron chi connectivity index (χ0n) is 16.9. The normalized spacial score (nSPS) is 17.3. The lowest BCUT2D eigenvalue weighted by molar-refractivity contribution is 0.0491. The molecule has 0 bridgehead atoms. The van der Waals surface area contributed by atoms with Crippen molar-refractivity contribution in [3.05, 3.63) is 65.2 Å². The van der Waals surface area contributed by atoms with Crippen molar-refractivity contribution >= 4 is 11.9 Å². The molecule has 2 aliphatic rings. The second kappa shape index (κ2) is 9.76. The highest BCUT2D eigenvalue weighted by Crippen LogP contribution is 2.32. The number of hydrogen-bond acceptors (Lipinski definition) is 6. The van der Waals surface area contributed by atoms with E-state index in [1.807, 2.05) is 30.3 Å². The standard InChI is InChI=1S/C24H26O6/c25-23(27-10-8-17-6-7-17)19-12-20(24(26)28-11-9-21-16-30-21)14-22(13-19)29-15-18-4-2-1-3-5-18/h1-5,12-14,17,21H,6-11,15-16H2. The summed E-state index contributed by atoms with van der Waals surface area (Å²) in [6.07, 6.45) is 4.17. The molecular weight excluding hydrogens is 384 g/mol. The van der Waals surface area contributed by atoms with Crippen LogP contribution in [-0.2, 0) is 20.8 Å². The molecule has 2 aromatic carbocycles. The Labute approximate surface area is 176 Å². The number of ether oxygens (including phenoxy) is 4. The third-order valence-corrected chi connectivity index (χ3v) is 5.16. The molecule has 1 saturated heterocycles. The van der Waals surface area contributed by atoms with Crippen LogP contribution in [0.15, 0.2) is 48.5 Å². The van der Waals surface area contributed by atoms with Gasteiger partial charge in [-0.3, -0.25) is 0 Å². The monoisotopic (exact) mass is 410 g/mol. The predicted octanol–water partition coefficient (Wildman–Crippen LogP) is 4.17. The number of carbonyl (C=O) groups is 2. The molecule has 6 nitrogen and oxygen atoms in total. The topological polar surface area (TPSA) is 74.4 Å². The Bertz CT molecular complexity index is 822. The SMILES string of the molecule is O=C(OCCC1CC1)c1cc(OCc2ccccc2)cc(C(=O)OCCC2CO2)c1. The van der Waals surface area contributed by atoms with Crippen LogP contribution < -0.4 is 4.74 Å². The third-order valence-electron chi connectivity index (χ3n) is 5.16. The first-order valence-corrected chi connectivity index (χ1v) is 10.4. The van der Waals surface area contributed by atoms with Crippen LogP contribution in [0.4, 0.5) is 0 Å². The van der Waals surface area contributed by atoms with Crippen LogP contribution in [0.25, 0.3) is 0 Å². The van der Waals surface area contributed by atoms with Gasteiger partial charge in [0, 0.05) is 6.42 Å². The molecule has 2 fully saturated rings. The largest absolute Gasteiger partial charge is 0.489 e. The van der Waals surface area contributed by atoms with Crippen LogP contribution in [-0.4, -0.2) is 37.9 Å². The van der Waals surface area contributed by atoms with Gasteiger partial charge in [-0.15, -0.1) is 0 Å². The van der Waals surface area contributed by atoms with Crippen LogP contribution in [0.3, 0.4) is 0 Å². The number of esters is 2. The van der Waals surface area contributed by atoms with Crippen LogP contribution >= 0.6 is 0 Å². The fourth-order valence-electron chi connectivity index (χ4n) is 3.07. The van der Waals surface area contributed by atoms with Crippen molar-refractivity contribution in [2.45, 2.75) is 38.4 Å². The van der Waals surface area contributed by atoms with Crippen LogP contribution in [0, 0.1) is 5.92 Å². The molecule has 1 saturated carbocycles. The Morgan fingerprint density at radius 1 is 0.900 bits per heavy atom. The summed E-state index contributed by atoms with van der Waals surface area (Å²) in [4.78, 5) is 25.0. The number of epoxide rings is 1. The minimum atomic E-state index is -0.493. The molecule has 4 rings (SSSR count). The molecule has 1 aliphatic heterocycles. The van der Waals surface area contributed by atoms with Gasteiger partial charge in [0.15, 0.2) is 0 Å². The maximum atomic E-state index is 12.5. The van der Waals surface area contributed by atoms with E-state index in [9.17, 15) is 9.59 Å². The summed E-state index contributed by atoms with van der Waals surface area (Å²) in [7, 11) is 0. The van der Waals surface area contributed by atoms with Gasteiger partial charge in [0.2, 0.25) is 0 Å². The summed E-state index contributed by atoms with van der Waals surface area (Å²) in [6.45, 7) is 1.71. The summed E-state index contributed by atoms with van der Waals surface area (Å²) in [5.74, 6) is 0.154. The fourth-order valence-corrected chi connectivity index (χ4v) is 3.07. The van der Waals surface area contributed by atoms with Gasteiger partial charge in [-0.25, -0.2) is 9.59 Å². The third kappa shape index (κ3) is 6.32. The van der Waals surface area contributed by atoms with Gasteiger partial charge in [0.05, 0.1) is 37.1 Å². The first-order valence-electron chi connectivity index (χ1n) is 10.4. The lowest BCUT2D eigenvalue weighted by Crippen LogP contribution is -2.12. The van der Waals surface area contributed by atoms with E-state index in [1.165, 1.54) is 18.9 Å². The Morgan fingerprint density at radius 2 is 1.53 bits per heavy atom. The molecule has 1 atom stereocenters. The summed E-state index contributed by atoms with van der Waals surface area (Å²) >= 11 is 0. The van der Waals surface area contributed by atoms with E-state index >= 15 is 0 Å². The maximum absolute atomic E-state index is 12.5. The zero-order chi connectivity index (χ0) is 20.8. The fraction of sp³-hybridized carbons (Fsp3) is 0.417. The Kier molecular flexibility index (Phi) is 6.64. The van der Waals surface area contributed by atoms with Gasteiger partial charge in [-0.1, -0.05) is 43.2 Å². The van der Waals surface area contributed by atoms with Gasteiger partial charge in [0.1, 0.15) is 12.4 Å². The molecule has 0 spiro atoms. The van der Waals surface area contributed by atoms with Crippen molar-refractivity contribution in [1.29, 1.82) is 0 Å². The number of benzene rings is 2. The van der Waals surface area contributed by atoms with Crippen molar-refractivity contribution in [2.24, 2.45) is 5.92 Å². The number of rotatable bonds is 11. The van der Waals surface area contributed by atoms with Crippen molar-refractivity contribution < 1.29 is 28.5 Å². The van der Waals surface area contributed by atoms with Gasteiger partial charge in [-0.2, -0.15) is 0 Å². The van der Waals surface area contributed by atoms with Crippen molar-refractivity contribution in [3.8, 4) is 5.75 Å². The maximum Gasteiger partial charge on any atom is 0.338 e. The Morgan fingerprint density at radius 3 is 2.13 bits per heavy atom. The summed E-state index contributed by atoms with van der Waals surface area (Å²) < 4.78 is 21.7. The molecule has 2 aromatic rings. The van der Waals surface area contributed by atoms with E-state index in [2.05, 4.69) is 0 Å². The van der Waals surface area contributed by atoms with Gasteiger partial charge < -0.3 is 18.9 Å². The predicted molar refractivity (Wildman–Crippen MR) is 109 cm³/mol. The lowest BCUT2D eigenvalue weighted by Gasteiger charge is -2.11. The minimum absolute atomic E-state index is 0.190. The summed E-state index contributed by atoms with van der Waals surface area (Å²) in [6, 6.07) is 14.4. The highest BCUT2D eigenvalue weighted by Gasteiger charge is 2.24. The lowest BCUT2D eigenvalue weighted by atomic mass is 10.1. The molecule has 0 radical (unpaired) electrons. The molecule has 6 heteroatoms. The van der Waals surface area contributed by atoms with E-state index in [-0.39, 0.29) is 23.8 Å². The molecule has 0 N–H and O–H groups in total. The average molecular weight is 410 g/mol. The minimum Gasteiger partial charge on any atom is -0.489 e. The molecule has 30 heavy (non-hydrogen) atoms. The highest BCUT2D eigenvalue weighted by atomic mass is 16.6. The van der Waals surface area contributed by atoms with Crippen molar-refractivity contribution in [1.82, 2.24) is 0 Å². The smallest absolute Gasteiger partial charge is 0.338 e. The van der Waals surface area contributed by atoms with Crippen LogP contribution in [0.1, 0.15) is 52.0 Å². The highest BCUT2D eigenvalue weighted by molar-refractivity contribution is 5.96. The Hall–Kier alpha value is -2.86. The van der Waals surface area contributed by atoms with Crippen molar-refractivity contribution in [2.75, 3.05) is 19.8 Å². The second-order valence-electron chi connectivity index (χ2n) is 7.77. The molecule has 0 amide bonds. The molecular formula is C24H26O6. The summed E-state index contributed by atoms with van der Waals surface area (Å²) in [5, 5.41) is 0. The second-order valence-corrected chi connectivity index (χ2v) is 7.77. The first kappa shape index (κ1) is 20.4. The molecule has 158 valence electrons. The molecule has 1 unspecified atom stereocenters. The van der Waals surface area contributed by atoms with E-state index in [1.54, 1.807) is 12.1 Å². The van der Waals surface area contributed by atoms with Gasteiger partial charge in [0.25, 0.3) is 0 Å². The van der Waals surface area contributed by atoms with Crippen molar-refractivity contribution in [3.63, 3.8) is 0 Å². The number of hydrogen-bond donors (Lipinski definition) is 0. The average Bonchev–Trinajstić information content (AvgIpc) is 3.68. The van der Waals surface area contributed by atoms with E-state index < -0.39 is 11.9 Å². The molecule has 0 aromatic heterocycles. The van der Waals surface area contributed by atoms with E-state index in [4.69, 9.17) is 18.9 Å². The van der Waals surface area contributed by atoms with Crippen LogP contribution in [0.5, 0.6) is 5.75 Å². The Balaban J connectivity index is 1.43. The molecule has 1 aliphatic carbocycles. The van der Waals surface area contributed by atoms with Gasteiger partial charge in [-0.05, 0) is 36.1 Å². The number of carbonyl (C=O) groups excluding carboxylic acids is 2. The molecule has 1 heterocycles. The zero-order valence-corrected chi connectivity index (χ0v) is 16.9. The quantitative estimate of drug-likeness (QED) is 0.409. The van der Waals surface area contributed by atoms with E-state index in [0.717, 1.165) is 18.6 Å². The van der Waals surface area contributed by atoms with Crippen LogP contribution in [0.2, 0.25) is 0 Å². The van der Waals surface area contributed by atoms with Gasteiger partial charge >= 0.3 is 11.9 Å². The first-order chi connectivity index (χ1) is 14.7. The van der Waals surface area contributed by atoms with E-state index in [0.29, 0.717) is 31.3 Å².